The molecule has 0 bridgehead atoms. The summed E-state index contributed by atoms with van der Waals surface area (Å²) < 4.78 is 5.14. The van der Waals surface area contributed by atoms with Crippen LogP contribution >= 0.6 is 0 Å². The van der Waals surface area contributed by atoms with Crippen molar-refractivity contribution in [2.75, 3.05) is 7.11 Å². The van der Waals surface area contributed by atoms with E-state index in [-0.39, 0.29) is 5.91 Å². The van der Waals surface area contributed by atoms with Gasteiger partial charge in [-0.05, 0) is 34.5 Å². The summed E-state index contributed by atoms with van der Waals surface area (Å²) in [7, 11) is 1.63. The third-order valence-corrected chi connectivity index (χ3v) is 4.50. The standard InChI is InChI=1S/C22H19N3O2/c1-27-17-11-9-15(10-12-17)14-23-22(26)21-13-20(24-25-21)19-8-4-6-16-5-2-3-7-18(16)19/h2-13H,14H2,1H3,(H,23,26)(H,24,25). The average molecular weight is 357 g/mol. The number of hydrogen-bond acceptors (Lipinski definition) is 3. The van der Waals surface area contributed by atoms with E-state index in [0.29, 0.717) is 12.2 Å². The van der Waals surface area contributed by atoms with Crippen LogP contribution in [0.2, 0.25) is 0 Å². The van der Waals surface area contributed by atoms with Crippen LogP contribution in [0.4, 0.5) is 0 Å². The molecule has 1 heterocycles. The van der Waals surface area contributed by atoms with Gasteiger partial charge in [0.05, 0.1) is 12.8 Å². The number of fused-ring (bicyclic) bond motifs is 1. The molecule has 0 fully saturated rings. The second-order valence-electron chi connectivity index (χ2n) is 6.22. The Morgan fingerprint density at radius 2 is 1.81 bits per heavy atom. The Morgan fingerprint density at radius 1 is 1.04 bits per heavy atom. The molecule has 0 aliphatic heterocycles. The van der Waals surface area contributed by atoms with Crippen LogP contribution in [0.1, 0.15) is 16.1 Å². The maximum atomic E-state index is 12.4. The quantitative estimate of drug-likeness (QED) is 0.563. The molecule has 134 valence electrons. The van der Waals surface area contributed by atoms with Crippen LogP contribution in [0.25, 0.3) is 22.0 Å². The van der Waals surface area contributed by atoms with Gasteiger partial charge < -0.3 is 10.1 Å². The lowest BCUT2D eigenvalue weighted by Gasteiger charge is -2.05. The topological polar surface area (TPSA) is 67.0 Å². The number of nitrogens with zero attached hydrogens (tertiary/aromatic N) is 1. The lowest BCUT2D eigenvalue weighted by molar-refractivity contribution is 0.0946. The Labute approximate surface area is 157 Å². The third kappa shape index (κ3) is 3.53. The fourth-order valence-electron chi connectivity index (χ4n) is 3.05. The van der Waals surface area contributed by atoms with Crippen molar-refractivity contribution in [3.63, 3.8) is 0 Å². The van der Waals surface area contributed by atoms with Crippen LogP contribution in [0, 0.1) is 0 Å². The summed E-state index contributed by atoms with van der Waals surface area (Å²) in [5.41, 5.74) is 3.18. The first-order chi connectivity index (χ1) is 13.2. The zero-order valence-electron chi connectivity index (χ0n) is 14.9. The number of nitrogens with one attached hydrogen (secondary N) is 2. The van der Waals surface area contributed by atoms with Crippen LogP contribution in [-0.4, -0.2) is 23.2 Å². The number of H-pyrrole nitrogens is 1. The number of methoxy groups -OCH3 is 1. The molecule has 5 nitrogen and oxygen atoms in total. The van der Waals surface area contributed by atoms with Crippen molar-refractivity contribution in [2.45, 2.75) is 6.54 Å². The molecule has 0 spiro atoms. The van der Waals surface area contributed by atoms with Crippen molar-refractivity contribution in [3.05, 3.63) is 84.1 Å². The first-order valence-corrected chi connectivity index (χ1v) is 8.69. The Morgan fingerprint density at radius 3 is 2.63 bits per heavy atom. The summed E-state index contributed by atoms with van der Waals surface area (Å²) in [6.07, 6.45) is 0. The third-order valence-electron chi connectivity index (χ3n) is 4.50. The molecule has 0 radical (unpaired) electrons. The van der Waals surface area contributed by atoms with Crippen molar-refractivity contribution in [2.24, 2.45) is 0 Å². The first-order valence-electron chi connectivity index (χ1n) is 8.69. The van der Waals surface area contributed by atoms with Crippen molar-refractivity contribution >= 4 is 16.7 Å². The zero-order chi connectivity index (χ0) is 18.6. The molecular weight excluding hydrogens is 338 g/mol. The highest BCUT2D eigenvalue weighted by Gasteiger charge is 2.12. The minimum Gasteiger partial charge on any atom is -0.497 e. The largest absolute Gasteiger partial charge is 0.497 e. The molecule has 0 aliphatic carbocycles. The Hall–Kier alpha value is -3.60. The lowest BCUT2D eigenvalue weighted by Crippen LogP contribution is -2.23. The smallest absolute Gasteiger partial charge is 0.269 e. The van der Waals surface area contributed by atoms with Crippen LogP contribution in [-0.2, 0) is 6.54 Å². The highest BCUT2D eigenvalue weighted by atomic mass is 16.5. The SMILES string of the molecule is COc1ccc(CNC(=O)c2cc(-c3cccc4ccccc34)n[nH]2)cc1. The Kier molecular flexibility index (Phi) is 4.58. The molecule has 0 atom stereocenters. The number of carbonyl (C=O) groups excluding carboxylic acids is 1. The molecule has 5 heteroatoms. The monoisotopic (exact) mass is 357 g/mol. The molecule has 27 heavy (non-hydrogen) atoms. The molecule has 4 aromatic rings. The second-order valence-corrected chi connectivity index (χ2v) is 6.22. The first kappa shape index (κ1) is 16.8. The summed E-state index contributed by atoms with van der Waals surface area (Å²) in [6.45, 7) is 0.436. The molecule has 2 N–H and O–H groups in total. The maximum Gasteiger partial charge on any atom is 0.269 e. The Balaban J connectivity index is 1.50. The van der Waals surface area contributed by atoms with E-state index in [0.717, 1.165) is 33.3 Å². The Bertz CT molecular complexity index is 1080. The van der Waals surface area contributed by atoms with Gasteiger partial charge in [0.25, 0.3) is 5.91 Å². The molecule has 1 amide bonds. The van der Waals surface area contributed by atoms with Crippen LogP contribution in [0.15, 0.2) is 72.8 Å². The van der Waals surface area contributed by atoms with Crippen LogP contribution < -0.4 is 10.1 Å². The van der Waals surface area contributed by atoms with Gasteiger partial charge in [0.2, 0.25) is 0 Å². The van der Waals surface area contributed by atoms with Gasteiger partial charge in [-0.15, -0.1) is 0 Å². The number of aromatic nitrogens is 2. The number of rotatable bonds is 5. The van der Waals surface area contributed by atoms with Crippen molar-refractivity contribution in [3.8, 4) is 17.0 Å². The summed E-state index contributed by atoms with van der Waals surface area (Å²) in [4.78, 5) is 12.4. The molecule has 0 saturated carbocycles. The van der Waals surface area contributed by atoms with Crippen LogP contribution in [0.5, 0.6) is 5.75 Å². The normalized spacial score (nSPS) is 10.7. The van der Waals surface area contributed by atoms with Gasteiger partial charge in [0.15, 0.2) is 0 Å². The lowest BCUT2D eigenvalue weighted by atomic mass is 10.0. The van der Waals surface area contributed by atoms with E-state index in [9.17, 15) is 4.79 Å². The van der Waals surface area contributed by atoms with E-state index in [1.165, 1.54) is 0 Å². The predicted octanol–water partition coefficient (Wildman–Crippen LogP) is 4.17. The summed E-state index contributed by atoms with van der Waals surface area (Å²) in [5.74, 6) is 0.600. The second kappa shape index (κ2) is 7.33. The number of hydrogen-bond donors (Lipinski definition) is 2. The van der Waals surface area contributed by atoms with E-state index in [4.69, 9.17) is 4.74 Å². The van der Waals surface area contributed by atoms with E-state index in [1.54, 1.807) is 13.2 Å². The highest BCUT2D eigenvalue weighted by molar-refractivity contribution is 5.98. The van der Waals surface area contributed by atoms with E-state index in [2.05, 4.69) is 33.7 Å². The number of aromatic amines is 1. The summed E-state index contributed by atoms with van der Waals surface area (Å²) >= 11 is 0. The number of amides is 1. The zero-order valence-corrected chi connectivity index (χ0v) is 14.9. The fraction of sp³-hybridized carbons (Fsp3) is 0.0909. The van der Waals surface area contributed by atoms with Gasteiger partial charge in [-0.25, -0.2) is 0 Å². The van der Waals surface area contributed by atoms with Gasteiger partial charge in [-0.2, -0.15) is 5.10 Å². The van der Waals surface area contributed by atoms with E-state index < -0.39 is 0 Å². The molecule has 3 aromatic carbocycles. The molecular formula is C22H19N3O2. The van der Waals surface area contributed by atoms with Crippen molar-refractivity contribution < 1.29 is 9.53 Å². The summed E-state index contributed by atoms with van der Waals surface area (Å²) in [5, 5.41) is 12.3. The molecule has 0 saturated heterocycles. The van der Waals surface area contributed by atoms with Crippen LogP contribution in [0.3, 0.4) is 0 Å². The maximum absolute atomic E-state index is 12.4. The van der Waals surface area contributed by atoms with Gasteiger partial charge >= 0.3 is 0 Å². The minimum atomic E-state index is -0.190. The number of carbonyl (C=O) groups is 1. The van der Waals surface area contributed by atoms with Gasteiger partial charge in [0, 0.05) is 12.1 Å². The van der Waals surface area contributed by atoms with Crippen molar-refractivity contribution in [1.29, 1.82) is 0 Å². The minimum absolute atomic E-state index is 0.190. The molecule has 0 unspecified atom stereocenters. The van der Waals surface area contributed by atoms with Gasteiger partial charge in [-0.3, -0.25) is 9.89 Å². The molecule has 0 aliphatic rings. The van der Waals surface area contributed by atoms with E-state index in [1.807, 2.05) is 48.5 Å². The van der Waals surface area contributed by atoms with E-state index >= 15 is 0 Å². The van der Waals surface area contributed by atoms with Gasteiger partial charge in [-0.1, -0.05) is 54.6 Å². The highest BCUT2D eigenvalue weighted by Crippen LogP contribution is 2.27. The van der Waals surface area contributed by atoms with Gasteiger partial charge in [0.1, 0.15) is 11.4 Å². The summed E-state index contributed by atoms with van der Waals surface area (Å²) in [6, 6.07) is 23.6. The number of ether oxygens (including phenoxy) is 1. The molecule has 1 aromatic heterocycles. The van der Waals surface area contributed by atoms with Crippen molar-refractivity contribution in [1.82, 2.24) is 15.5 Å². The molecule has 4 rings (SSSR count). The average Bonchev–Trinajstić information content (AvgIpc) is 3.22. The number of benzene rings is 3. The predicted molar refractivity (Wildman–Crippen MR) is 106 cm³/mol. The fourth-order valence-corrected chi connectivity index (χ4v) is 3.05.